The van der Waals surface area contributed by atoms with E-state index in [4.69, 9.17) is 16.9 Å². The molecule has 1 heterocycles. The van der Waals surface area contributed by atoms with E-state index in [0.717, 1.165) is 11.3 Å². The van der Waals surface area contributed by atoms with E-state index in [1.807, 2.05) is 36.2 Å². The van der Waals surface area contributed by atoms with Crippen molar-refractivity contribution < 1.29 is 0 Å². The van der Waals surface area contributed by atoms with Gasteiger partial charge in [0.1, 0.15) is 6.07 Å². The third-order valence-electron chi connectivity index (χ3n) is 2.64. The largest absolute Gasteiger partial charge is 0.368 e. The molecule has 4 heteroatoms. The molecule has 0 N–H and O–H groups in total. The SMILES string of the molecule is CN(Cc1cccc(Cl)c1)c1cnccc1C#N. The van der Waals surface area contributed by atoms with Gasteiger partial charge in [0.2, 0.25) is 0 Å². The van der Waals surface area contributed by atoms with Crippen LogP contribution < -0.4 is 4.90 Å². The number of rotatable bonds is 3. The first-order valence-electron chi connectivity index (χ1n) is 5.50. The Bertz CT molecular complexity index is 590. The molecule has 0 spiro atoms. The zero-order chi connectivity index (χ0) is 13.0. The van der Waals surface area contributed by atoms with E-state index >= 15 is 0 Å². The van der Waals surface area contributed by atoms with Crippen LogP contribution in [0.2, 0.25) is 5.02 Å². The number of hydrogen-bond acceptors (Lipinski definition) is 3. The van der Waals surface area contributed by atoms with Crippen molar-refractivity contribution in [3.8, 4) is 6.07 Å². The zero-order valence-electron chi connectivity index (χ0n) is 9.97. The molecule has 0 amide bonds. The first-order valence-corrected chi connectivity index (χ1v) is 5.88. The van der Waals surface area contributed by atoms with Crippen LogP contribution in [-0.2, 0) is 6.54 Å². The fraction of sp³-hybridized carbons (Fsp3) is 0.143. The summed E-state index contributed by atoms with van der Waals surface area (Å²) in [5.74, 6) is 0. The second-order valence-corrected chi connectivity index (χ2v) is 4.43. The number of anilines is 1. The summed E-state index contributed by atoms with van der Waals surface area (Å²) in [7, 11) is 1.93. The smallest absolute Gasteiger partial charge is 0.101 e. The average Bonchev–Trinajstić information content (AvgIpc) is 2.38. The van der Waals surface area contributed by atoms with Crippen molar-refractivity contribution in [1.82, 2.24) is 4.98 Å². The normalized spacial score (nSPS) is 9.83. The maximum absolute atomic E-state index is 9.05. The van der Waals surface area contributed by atoms with Crippen molar-refractivity contribution in [2.24, 2.45) is 0 Å². The van der Waals surface area contributed by atoms with Gasteiger partial charge in [-0.1, -0.05) is 23.7 Å². The standard InChI is InChI=1S/C14H12ClN3/c1-18(10-11-3-2-4-13(15)7-11)14-9-17-6-5-12(14)8-16/h2-7,9H,10H2,1H3. The average molecular weight is 258 g/mol. The zero-order valence-corrected chi connectivity index (χ0v) is 10.7. The number of pyridine rings is 1. The molecule has 0 atom stereocenters. The molecule has 0 bridgehead atoms. The Hall–Kier alpha value is -2.05. The third-order valence-corrected chi connectivity index (χ3v) is 2.88. The van der Waals surface area contributed by atoms with Crippen LogP contribution in [0.15, 0.2) is 42.7 Å². The highest BCUT2D eigenvalue weighted by atomic mass is 35.5. The lowest BCUT2D eigenvalue weighted by Crippen LogP contribution is -2.17. The van der Waals surface area contributed by atoms with Crippen molar-refractivity contribution in [3.05, 3.63) is 58.9 Å². The van der Waals surface area contributed by atoms with Crippen LogP contribution in [0.25, 0.3) is 0 Å². The molecule has 90 valence electrons. The number of aromatic nitrogens is 1. The van der Waals surface area contributed by atoms with Crippen LogP contribution in [0.1, 0.15) is 11.1 Å². The van der Waals surface area contributed by atoms with Crippen LogP contribution >= 0.6 is 11.6 Å². The van der Waals surface area contributed by atoms with Crippen molar-refractivity contribution in [3.63, 3.8) is 0 Å². The minimum Gasteiger partial charge on any atom is -0.368 e. The topological polar surface area (TPSA) is 39.9 Å². The molecule has 2 aromatic rings. The molecular formula is C14H12ClN3. The van der Waals surface area contributed by atoms with Gasteiger partial charge in [-0.2, -0.15) is 5.26 Å². The molecule has 0 unspecified atom stereocenters. The van der Waals surface area contributed by atoms with Gasteiger partial charge in [-0.3, -0.25) is 4.98 Å². The van der Waals surface area contributed by atoms with Gasteiger partial charge in [0.15, 0.2) is 0 Å². The number of nitriles is 1. The summed E-state index contributed by atoms with van der Waals surface area (Å²) in [4.78, 5) is 6.04. The lowest BCUT2D eigenvalue weighted by molar-refractivity contribution is 0.915. The number of hydrogen-bond donors (Lipinski definition) is 0. The highest BCUT2D eigenvalue weighted by Crippen LogP contribution is 2.20. The van der Waals surface area contributed by atoms with E-state index in [1.54, 1.807) is 18.5 Å². The van der Waals surface area contributed by atoms with Crippen molar-refractivity contribution in [1.29, 1.82) is 5.26 Å². The molecule has 0 saturated carbocycles. The molecule has 2 rings (SSSR count). The Morgan fingerprint density at radius 1 is 1.39 bits per heavy atom. The molecular weight excluding hydrogens is 246 g/mol. The lowest BCUT2D eigenvalue weighted by atomic mass is 10.2. The quantitative estimate of drug-likeness (QED) is 0.847. The monoisotopic (exact) mass is 257 g/mol. The molecule has 0 aliphatic heterocycles. The third kappa shape index (κ3) is 2.79. The van der Waals surface area contributed by atoms with Gasteiger partial charge >= 0.3 is 0 Å². The van der Waals surface area contributed by atoms with E-state index < -0.39 is 0 Å². The second kappa shape index (κ2) is 5.52. The second-order valence-electron chi connectivity index (χ2n) is 3.99. The van der Waals surface area contributed by atoms with E-state index in [-0.39, 0.29) is 0 Å². The van der Waals surface area contributed by atoms with Crippen LogP contribution in [0.3, 0.4) is 0 Å². The molecule has 1 aromatic heterocycles. The van der Waals surface area contributed by atoms with E-state index in [0.29, 0.717) is 17.1 Å². The maximum atomic E-state index is 9.05. The van der Waals surface area contributed by atoms with Gasteiger partial charge < -0.3 is 4.90 Å². The summed E-state index contributed by atoms with van der Waals surface area (Å²) in [5.41, 5.74) is 2.53. The van der Waals surface area contributed by atoms with E-state index in [2.05, 4.69) is 11.1 Å². The number of halogens is 1. The highest BCUT2D eigenvalue weighted by molar-refractivity contribution is 6.30. The van der Waals surface area contributed by atoms with Gasteiger partial charge in [0.05, 0.1) is 17.4 Å². The van der Waals surface area contributed by atoms with Gasteiger partial charge in [0, 0.05) is 24.8 Å². The van der Waals surface area contributed by atoms with Crippen LogP contribution in [0, 0.1) is 11.3 Å². The van der Waals surface area contributed by atoms with Crippen molar-refractivity contribution in [2.45, 2.75) is 6.54 Å². The molecule has 0 saturated heterocycles. The Labute approximate surface area is 111 Å². The Morgan fingerprint density at radius 2 is 2.22 bits per heavy atom. The van der Waals surface area contributed by atoms with Gasteiger partial charge in [-0.25, -0.2) is 0 Å². The first-order chi connectivity index (χ1) is 8.70. The molecule has 0 aliphatic rings. The van der Waals surface area contributed by atoms with Gasteiger partial charge in [0.25, 0.3) is 0 Å². The fourth-order valence-electron chi connectivity index (χ4n) is 1.78. The summed E-state index contributed by atoms with van der Waals surface area (Å²) in [6.07, 6.45) is 3.32. The summed E-state index contributed by atoms with van der Waals surface area (Å²) < 4.78 is 0. The molecule has 1 aromatic carbocycles. The van der Waals surface area contributed by atoms with Gasteiger partial charge in [-0.15, -0.1) is 0 Å². The van der Waals surface area contributed by atoms with Gasteiger partial charge in [-0.05, 0) is 23.8 Å². The summed E-state index contributed by atoms with van der Waals surface area (Å²) >= 11 is 5.95. The fourth-order valence-corrected chi connectivity index (χ4v) is 1.99. The number of benzene rings is 1. The predicted molar refractivity (Wildman–Crippen MR) is 72.5 cm³/mol. The van der Waals surface area contributed by atoms with Crippen LogP contribution in [-0.4, -0.2) is 12.0 Å². The Morgan fingerprint density at radius 3 is 2.94 bits per heavy atom. The summed E-state index contributed by atoms with van der Waals surface area (Å²) in [5, 5.41) is 9.77. The van der Waals surface area contributed by atoms with E-state index in [1.165, 1.54) is 0 Å². The molecule has 0 aliphatic carbocycles. The van der Waals surface area contributed by atoms with Crippen LogP contribution in [0.5, 0.6) is 0 Å². The molecule has 0 radical (unpaired) electrons. The summed E-state index contributed by atoms with van der Waals surface area (Å²) in [6.45, 7) is 0.681. The molecule has 3 nitrogen and oxygen atoms in total. The van der Waals surface area contributed by atoms with Crippen LogP contribution in [0.4, 0.5) is 5.69 Å². The number of nitrogens with zero attached hydrogens (tertiary/aromatic N) is 3. The first kappa shape index (κ1) is 12.4. The van der Waals surface area contributed by atoms with E-state index in [9.17, 15) is 0 Å². The highest BCUT2D eigenvalue weighted by Gasteiger charge is 2.07. The Kier molecular flexibility index (Phi) is 3.81. The predicted octanol–water partition coefficient (Wildman–Crippen LogP) is 3.24. The van der Waals surface area contributed by atoms with Crippen molar-refractivity contribution >= 4 is 17.3 Å². The maximum Gasteiger partial charge on any atom is 0.101 e. The summed E-state index contributed by atoms with van der Waals surface area (Å²) in [6, 6.07) is 11.6. The minimum absolute atomic E-state index is 0.620. The lowest BCUT2D eigenvalue weighted by Gasteiger charge is -2.20. The Balaban J connectivity index is 2.22. The van der Waals surface area contributed by atoms with Crippen molar-refractivity contribution in [2.75, 3.05) is 11.9 Å². The molecule has 0 fully saturated rings. The molecule has 18 heavy (non-hydrogen) atoms. The minimum atomic E-state index is 0.620.